The van der Waals surface area contributed by atoms with Gasteiger partial charge in [-0.2, -0.15) is 0 Å². The molecule has 0 heterocycles. The molecule has 0 spiro atoms. The van der Waals surface area contributed by atoms with Gasteiger partial charge in [0.2, 0.25) is 0 Å². The number of carboxylic acids is 1. The van der Waals surface area contributed by atoms with Gasteiger partial charge in [0, 0.05) is 6.42 Å². The van der Waals surface area contributed by atoms with Crippen molar-refractivity contribution in [2.45, 2.75) is 70.6 Å². The monoisotopic (exact) mass is 315 g/mol. The zero-order valence-corrected chi connectivity index (χ0v) is 10.4. The van der Waals surface area contributed by atoms with E-state index in [1.165, 1.54) is 44.9 Å². The van der Waals surface area contributed by atoms with Crippen molar-refractivity contribution in [1.82, 2.24) is 0 Å². The first kappa shape index (κ1) is 20.6. The minimum absolute atomic E-state index is 0. The van der Waals surface area contributed by atoms with Crippen LogP contribution < -0.4 is 5.73 Å². The third-order valence-corrected chi connectivity index (χ3v) is 2.84. The van der Waals surface area contributed by atoms with E-state index in [0.29, 0.717) is 6.42 Å². The Balaban J connectivity index is 0. The van der Waals surface area contributed by atoms with Crippen LogP contribution in [0.4, 0.5) is 0 Å². The number of rotatable bonds is 12. The average Bonchev–Trinajstić information content (AvgIpc) is 2.25. The van der Waals surface area contributed by atoms with Crippen molar-refractivity contribution >= 4 is 64.2 Å². The zero-order valence-electron chi connectivity index (χ0n) is 10.4. The summed E-state index contributed by atoms with van der Waals surface area (Å²) < 4.78 is 0. The van der Waals surface area contributed by atoms with Crippen LogP contribution in [0.3, 0.4) is 0 Å². The Morgan fingerprint density at radius 3 is 1.47 bits per heavy atom. The van der Waals surface area contributed by atoms with Crippen LogP contribution in [-0.4, -0.2) is 75.8 Å². The summed E-state index contributed by atoms with van der Waals surface area (Å²) >= 11 is 0. The molecule has 17 heavy (non-hydrogen) atoms. The maximum atomic E-state index is 10.3. The predicted molar refractivity (Wildman–Crippen MR) is 74.6 cm³/mol. The van der Waals surface area contributed by atoms with Gasteiger partial charge < -0.3 is 10.8 Å². The SMILES string of the molecule is NCCCCCCCCCCCCC(=O)O.[RbH]. The van der Waals surface area contributed by atoms with Crippen LogP contribution in [0.1, 0.15) is 70.6 Å². The van der Waals surface area contributed by atoms with Crippen molar-refractivity contribution in [3.8, 4) is 0 Å². The molecule has 0 bridgehead atoms. The molecule has 0 atom stereocenters. The third-order valence-electron chi connectivity index (χ3n) is 2.84. The molecule has 0 radical (unpaired) electrons. The number of nitrogens with two attached hydrogens (primary N) is 1. The number of unbranched alkanes of at least 4 members (excludes halogenated alkanes) is 9. The molecule has 0 aliphatic rings. The first-order valence-electron chi connectivity index (χ1n) is 6.69. The van der Waals surface area contributed by atoms with Crippen LogP contribution >= 0.6 is 0 Å². The first-order chi connectivity index (χ1) is 7.77. The van der Waals surface area contributed by atoms with E-state index < -0.39 is 5.97 Å². The Bertz CT molecular complexity index is 165. The molecule has 3 N–H and O–H groups in total. The number of carbonyl (C=O) groups is 1. The standard InChI is InChI=1S/C13H27NO2.Rb.H/c14-12-10-8-6-4-2-1-3-5-7-9-11-13(15)16;;/h1-12,14H2,(H,15,16);;. The van der Waals surface area contributed by atoms with E-state index in [1.807, 2.05) is 0 Å². The molecule has 0 saturated carbocycles. The van der Waals surface area contributed by atoms with Crippen molar-refractivity contribution < 1.29 is 9.90 Å². The second kappa shape index (κ2) is 17.2. The number of carboxylic acid groups (broad SMARTS) is 1. The molecule has 0 fully saturated rings. The van der Waals surface area contributed by atoms with E-state index in [2.05, 4.69) is 0 Å². The van der Waals surface area contributed by atoms with Crippen LogP contribution in [0, 0.1) is 0 Å². The fourth-order valence-electron chi connectivity index (χ4n) is 1.83. The van der Waals surface area contributed by atoms with Crippen molar-refractivity contribution in [2.75, 3.05) is 6.54 Å². The van der Waals surface area contributed by atoms with Crippen LogP contribution in [-0.2, 0) is 4.79 Å². The minimum atomic E-state index is -0.667. The summed E-state index contributed by atoms with van der Waals surface area (Å²) in [6, 6.07) is 0. The molecule has 0 aromatic rings. The van der Waals surface area contributed by atoms with Gasteiger partial charge in [0.05, 0.1) is 0 Å². The zero-order chi connectivity index (χ0) is 12.1. The summed E-state index contributed by atoms with van der Waals surface area (Å²) in [5.41, 5.74) is 5.42. The second-order valence-corrected chi connectivity index (χ2v) is 4.47. The van der Waals surface area contributed by atoms with E-state index >= 15 is 0 Å². The molecule has 0 rings (SSSR count). The second-order valence-electron chi connectivity index (χ2n) is 4.47. The molecular weight excluding hydrogens is 288 g/mol. The van der Waals surface area contributed by atoms with E-state index in [9.17, 15) is 4.79 Å². The van der Waals surface area contributed by atoms with Crippen LogP contribution in [0.25, 0.3) is 0 Å². The molecule has 0 aliphatic carbocycles. The summed E-state index contributed by atoms with van der Waals surface area (Å²) in [6.07, 6.45) is 12.4. The summed E-state index contributed by atoms with van der Waals surface area (Å²) in [6.45, 7) is 0.823. The van der Waals surface area contributed by atoms with Crippen LogP contribution in [0.15, 0.2) is 0 Å². The topological polar surface area (TPSA) is 63.3 Å². The molecule has 0 aromatic carbocycles. The Hall–Kier alpha value is 1.24. The molecule has 0 aromatic heterocycles. The van der Waals surface area contributed by atoms with Gasteiger partial charge in [0.25, 0.3) is 0 Å². The average molecular weight is 316 g/mol. The van der Waals surface area contributed by atoms with Gasteiger partial charge in [-0.3, -0.25) is 4.79 Å². The van der Waals surface area contributed by atoms with E-state index in [4.69, 9.17) is 10.8 Å². The van der Waals surface area contributed by atoms with Crippen molar-refractivity contribution in [3.05, 3.63) is 0 Å². The fraction of sp³-hybridized carbons (Fsp3) is 0.923. The summed E-state index contributed by atoms with van der Waals surface area (Å²) in [4.78, 5) is 10.3. The van der Waals surface area contributed by atoms with Crippen LogP contribution in [0.5, 0.6) is 0 Å². The quantitative estimate of drug-likeness (QED) is 0.544. The van der Waals surface area contributed by atoms with E-state index in [0.717, 1.165) is 25.8 Å². The Kier molecular flexibility index (Phi) is 20.8. The third kappa shape index (κ3) is 19.7. The maximum absolute atomic E-state index is 10.3. The molecule has 0 unspecified atom stereocenters. The molecule has 0 saturated heterocycles. The fourth-order valence-corrected chi connectivity index (χ4v) is 1.83. The number of hydrogen-bond donors (Lipinski definition) is 2. The molecule has 0 aliphatic heterocycles. The Morgan fingerprint density at radius 2 is 1.12 bits per heavy atom. The van der Waals surface area contributed by atoms with Gasteiger partial charge in [0.1, 0.15) is 0 Å². The predicted octanol–water partition coefficient (Wildman–Crippen LogP) is 2.67. The van der Waals surface area contributed by atoms with Gasteiger partial charge >= 0.3 is 64.2 Å². The molecule has 98 valence electrons. The van der Waals surface area contributed by atoms with Gasteiger partial charge in [-0.05, 0) is 19.4 Å². The normalized spacial score (nSPS) is 9.94. The Labute approximate surface area is 155 Å². The Morgan fingerprint density at radius 1 is 0.765 bits per heavy atom. The van der Waals surface area contributed by atoms with E-state index in [-0.39, 0.29) is 58.2 Å². The van der Waals surface area contributed by atoms with Crippen LogP contribution in [0.2, 0.25) is 0 Å². The van der Waals surface area contributed by atoms with Gasteiger partial charge in [-0.25, -0.2) is 0 Å². The van der Waals surface area contributed by atoms with Crippen molar-refractivity contribution in [1.29, 1.82) is 0 Å². The summed E-state index contributed by atoms with van der Waals surface area (Å²) in [5, 5.41) is 8.45. The van der Waals surface area contributed by atoms with Gasteiger partial charge in [-0.1, -0.05) is 51.4 Å². The van der Waals surface area contributed by atoms with E-state index in [1.54, 1.807) is 0 Å². The van der Waals surface area contributed by atoms with Gasteiger partial charge in [0.15, 0.2) is 0 Å². The first-order valence-corrected chi connectivity index (χ1v) is 6.69. The summed E-state index contributed by atoms with van der Waals surface area (Å²) in [7, 11) is 0. The van der Waals surface area contributed by atoms with Crippen molar-refractivity contribution in [2.24, 2.45) is 5.73 Å². The van der Waals surface area contributed by atoms with Crippen molar-refractivity contribution in [3.63, 3.8) is 0 Å². The summed E-state index contributed by atoms with van der Waals surface area (Å²) in [5.74, 6) is -0.667. The molecular formula is C13H28NO2Rb. The molecule has 4 heteroatoms. The number of hydrogen-bond acceptors (Lipinski definition) is 2. The molecule has 0 amide bonds. The number of aliphatic carboxylic acids is 1. The van der Waals surface area contributed by atoms with Gasteiger partial charge in [-0.15, -0.1) is 0 Å². The molecule has 3 nitrogen and oxygen atoms in total.